The Morgan fingerprint density at radius 2 is 1.46 bits per heavy atom. The fourth-order valence-electron chi connectivity index (χ4n) is 6.94. The van der Waals surface area contributed by atoms with E-state index >= 15 is 4.39 Å². The van der Waals surface area contributed by atoms with Gasteiger partial charge in [-0.2, -0.15) is 0 Å². The molecule has 4 aromatic carbocycles. The molecule has 0 amide bonds. The molecule has 0 aromatic heterocycles. The van der Waals surface area contributed by atoms with Crippen molar-refractivity contribution in [1.82, 2.24) is 0 Å². The van der Waals surface area contributed by atoms with Crippen molar-refractivity contribution in [2.45, 2.75) is 24.9 Å². The molecule has 0 bridgehead atoms. The van der Waals surface area contributed by atoms with Crippen LogP contribution in [0.1, 0.15) is 53.7 Å². The maximum Gasteiger partial charge on any atom is 0.185 e. The Morgan fingerprint density at radius 3 is 2.15 bits per heavy atom. The molecular weight excluding hydrogens is 489 g/mol. The smallest absolute Gasteiger partial charge is 0.185 e. The summed E-state index contributed by atoms with van der Waals surface area (Å²) in [7, 11) is 0. The number of aryl methyl sites for hydroxylation is 1. The SMILES string of the molecule is Cc1ccc2c(c1)C=C[C@@H]1N2[C@@H](C(=O)c2ccccc2)[C@H](c2ccccc2F)C12C(=O)c1ccccc1C2=O. The summed E-state index contributed by atoms with van der Waals surface area (Å²) in [4.78, 5) is 45.5. The third-order valence-corrected chi connectivity index (χ3v) is 8.53. The van der Waals surface area contributed by atoms with Crippen LogP contribution in [0.3, 0.4) is 0 Å². The third-order valence-electron chi connectivity index (χ3n) is 8.53. The number of rotatable bonds is 3. The van der Waals surface area contributed by atoms with E-state index in [4.69, 9.17) is 0 Å². The highest BCUT2D eigenvalue weighted by molar-refractivity contribution is 6.32. The van der Waals surface area contributed by atoms with E-state index in [2.05, 4.69) is 0 Å². The number of fused-ring (bicyclic) bond motifs is 5. The van der Waals surface area contributed by atoms with Crippen LogP contribution in [0.15, 0.2) is 103 Å². The van der Waals surface area contributed by atoms with Crippen molar-refractivity contribution in [2.24, 2.45) is 5.41 Å². The largest absolute Gasteiger partial charge is 0.352 e. The van der Waals surface area contributed by atoms with Gasteiger partial charge >= 0.3 is 0 Å². The molecule has 0 saturated carbocycles. The first-order chi connectivity index (χ1) is 18.9. The van der Waals surface area contributed by atoms with Gasteiger partial charge in [-0.1, -0.05) is 96.6 Å². The number of halogens is 1. The lowest BCUT2D eigenvalue weighted by Gasteiger charge is -2.37. The molecule has 4 aromatic rings. The second-order valence-corrected chi connectivity index (χ2v) is 10.5. The molecule has 7 rings (SSSR count). The first-order valence-electron chi connectivity index (χ1n) is 13.0. The summed E-state index contributed by atoms with van der Waals surface area (Å²) in [5.41, 5.74) is 2.24. The zero-order valence-corrected chi connectivity index (χ0v) is 21.2. The number of anilines is 1. The summed E-state index contributed by atoms with van der Waals surface area (Å²) >= 11 is 0. The van der Waals surface area contributed by atoms with Crippen LogP contribution in [0.2, 0.25) is 0 Å². The van der Waals surface area contributed by atoms with E-state index in [1.54, 1.807) is 66.7 Å². The number of carbonyl (C=O) groups excluding carboxylic acids is 3. The van der Waals surface area contributed by atoms with Gasteiger partial charge in [-0.25, -0.2) is 4.39 Å². The lowest BCUT2D eigenvalue weighted by molar-refractivity contribution is 0.0664. The van der Waals surface area contributed by atoms with E-state index in [1.807, 2.05) is 48.2 Å². The van der Waals surface area contributed by atoms with Gasteiger partial charge in [-0.05, 0) is 36.2 Å². The summed E-state index contributed by atoms with van der Waals surface area (Å²) in [6, 6.07) is 25.9. The van der Waals surface area contributed by atoms with E-state index in [0.29, 0.717) is 16.7 Å². The fraction of sp³-hybridized carbons (Fsp3) is 0.147. The molecule has 4 nitrogen and oxygen atoms in total. The zero-order valence-electron chi connectivity index (χ0n) is 21.2. The minimum absolute atomic E-state index is 0.192. The van der Waals surface area contributed by atoms with Crippen molar-refractivity contribution in [3.63, 3.8) is 0 Å². The summed E-state index contributed by atoms with van der Waals surface area (Å²) in [5, 5.41) is 0. The quantitative estimate of drug-likeness (QED) is 0.233. The van der Waals surface area contributed by atoms with Crippen LogP contribution >= 0.6 is 0 Å². The normalized spacial score (nSPS) is 22.1. The highest BCUT2D eigenvalue weighted by Gasteiger charge is 2.71. The summed E-state index contributed by atoms with van der Waals surface area (Å²) in [5.74, 6) is -2.59. The van der Waals surface area contributed by atoms with Crippen molar-refractivity contribution >= 4 is 29.1 Å². The van der Waals surface area contributed by atoms with E-state index in [9.17, 15) is 14.4 Å². The monoisotopic (exact) mass is 513 g/mol. The van der Waals surface area contributed by atoms with Crippen LogP contribution in [0.25, 0.3) is 6.08 Å². The van der Waals surface area contributed by atoms with Gasteiger partial charge in [0.2, 0.25) is 0 Å². The van der Waals surface area contributed by atoms with Gasteiger partial charge in [0.05, 0.1) is 6.04 Å². The number of hydrogen-bond acceptors (Lipinski definition) is 4. The Labute approximate surface area is 225 Å². The summed E-state index contributed by atoms with van der Waals surface area (Å²) in [6.45, 7) is 1.99. The molecule has 2 aliphatic heterocycles. The van der Waals surface area contributed by atoms with Crippen molar-refractivity contribution in [2.75, 3.05) is 4.90 Å². The molecule has 1 saturated heterocycles. The maximum absolute atomic E-state index is 15.8. The molecule has 5 heteroatoms. The predicted molar refractivity (Wildman–Crippen MR) is 148 cm³/mol. The highest BCUT2D eigenvalue weighted by Crippen LogP contribution is 2.61. The van der Waals surface area contributed by atoms with Crippen LogP contribution in [-0.2, 0) is 0 Å². The van der Waals surface area contributed by atoms with Crippen LogP contribution in [0, 0.1) is 18.2 Å². The molecule has 3 aliphatic rings. The number of nitrogens with zero attached hydrogens (tertiary/aromatic N) is 1. The fourth-order valence-corrected chi connectivity index (χ4v) is 6.94. The van der Waals surface area contributed by atoms with Gasteiger partial charge < -0.3 is 4.90 Å². The van der Waals surface area contributed by atoms with Gasteiger partial charge in [0, 0.05) is 28.3 Å². The Balaban J connectivity index is 1.57. The van der Waals surface area contributed by atoms with Crippen LogP contribution < -0.4 is 4.90 Å². The number of Topliss-reactive ketones (excluding diaryl/α,β-unsaturated/α-hetero) is 3. The molecule has 2 heterocycles. The first kappa shape index (κ1) is 23.5. The summed E-state index contributed by atoms with van der Waals surface area (Å²) < 4.78 is 15.8. The van der Waals surface area contributed by atoms with Crippen molar-refractivity contribution in [1.29, 1.82) is 0 Å². The Hall–Kier alpha value is -4.64. The number of benzene rings is 4. The Kier molecular flexibility index (Phi) is 5.08. The van der Waals surface area contributed by atoms with E-state index in [-0.39, 0.29) is 22.9 Å². The second-order valence-electron chi connectivity index (χ2n) is 10.5. The minimum Gasteiger partial charge on any atom is -0.352 e. The molecule has 1 fully saturated rings. The minimum atomic E-state index is -1.71. The van der Waals surface area contributed by atoms with Crippen LogP contribution in [0.5, 0.6) is 0 Å². The molecule has 0 radical (unpaired) electrons. The molecule has 0 N–H and O–H groups in total. The third kappa shape index (κ3) is 3.07. The van der Waals surface area contributed by atoms with Gasteiger partial charge in [0.25, 0.3) is 0 Å². The molecular formula is C34H24FNO3. The molecule has 39 heavy (non-hydrogen) atoms. The average Bonchev–Trinajstić information content (AvgIpc) is 3.39. The van der Waals surface area contributed by atoms with Crippen LogP contribution in [-0.4, -0.2) is 29.4 Å². The van der Waals surface area contributed by atoms with Gasteiger partial charge in [0.15, 0.2) is 17.3 Å². The van der Waals surface area contributed by atoms with Gasteiger partial charge in [-0.3, -0.25) is 14.4 Å². The van der Waals surface area contributed by atoms with E-state index < -0.39 is 29.2 Å². The lowest BCUT2D eigenvalue weighted by atomic mass is 9.64. The molecule has 1 spiro atoms. The lowest BCUT2D eigenvalue weighted by Crippen LogP contribution is -2.48. The molecule has 190 valence electrons. The molecule has 1 aliphatic carbocycles. The molecule has 3 atom stereocenters. The average molecular weight is 514 g/mol. The topological polar surface area (TPSA) is 54.5 Å². The highest BCUT2D eigenvalue weighted by atomic mass is 19.1. The number of carbonyl (C=O) groups is 3. The van der Waals surface area contributed by atoms with Crippen molar-refractivity contribution in [3.05, 3.63) is 142 Å². The van der Waals surface area contributed by atoms with Crippen LogP contribution in [0.4, 0.5) is 10.1 Å². The Bertz CT molecular complexity index is 1690. The summed E-state index contributed by atoms with van der Waals surface area (Å²) in [6.07, 6.45) is 3.78. The maximum atomic E-state index is 15.8. The first-order valence-corrected chi connectivity index (χ1v) is 13.0. The predicted octanol–water partition coefficient (Wildman–Crippen LogP) is 6.45. The number of hydrogen-bond donors (Lipinski definition) is 0. The van der Waals surface area contributed by atoms with Crippen molar-refractivity contribution in [3.8, 4) is 0 Å². The second kappa shape index (κ2) is 8.43. The Morgan fingerprint density at radius 1 is 0.821 bits per heavy atom. The standard InChI is InChI=1S/C34H24FNO3/c1-20-15-17-27-22(19-20)16-18-28-34(32(38)23-11-5-6-12-24(23)33(34)39)29(25-13-7-8-14-26(25)35)30(36(27)28)31(37)21-9-3-2-4-10-21/h2-19,28-30H,1H3/t28-,29-,30+/m0/s1. The van der Waals surface area contributed by atoms with E-state index in [1.165, 1.54) is 6.07 Å². The van der Waals surface area contributed by atoms with Gasteiger partial charge in [-0.15, -0.1) is 0 Å². The zero-order chi connectivity index (χ0) is 26.9. The van der Waals surface area contributed by atoms with Crippen molar-refractivity contribution < 1.29 is 18.8 Å². The van der Waals surface area contributed by atoms with Gasteiger partial charge in [0.1, 0.15) is 17.3 Å². The van der Waals surface area contributed by atoms with E-state index in [0.717, 1.165) is 16.8 Å². The number of ketones is 3. The molecule has 0 unspecified atom stereocenters.